The molecule has 0 aromatic heterocycles. The lowest BCUT2D eigenvalue weighted by Gasteiger charge is -2.43. The third-order valence-corrected chi connectivity index (χ3v) is 3.63. The summed E-state index contributed by atoms with van der Waals surface area (Å²) in [5, 5.41) is 10.1. The molecule has 1 aromatic carbocycles. The highest BCUT2D eigenvalue weighted by atomic mass is 16.5. The molecule has 0 radical (unpaired) electrons. The lowest BCUT2D eigenvalue weighted by Crippen LogP contribution is -2.41. The first-order valence-corrected chi connectivity index (χ1v) is 6.17. The molecule has 1 heterocycles. The van der Waals surface area contributed by atoms with Gasteiger partial charge in [0.15, 0.2) is 0 Å². The Morgan fingerprint density at radius 2 is 1.76 bits per heavy atom. The van der Waals surface area contributed by atoms with Crippen molar-refractivity contribution in [3.8, 4) is 11.5 Å². The summed E-state index contributed by atoms with van der Waals surface area (Å²) in [7, 11) is 0. The summed E-state index contributed by atoms with van der Waals surface area (Å²) in [6.07, 6.45) is 0.955. The van der Waals surface area contributed by atoms with Crippen LogP contribution in [0.5, 0.6) is 11.5 Å². The summed E-state index contributed by atoms with van der Waals surface area (Å²) >= 11 is 0. The average molecular weight is 234 g/mol. The minimum atomic E-state index is -0.146. The summed E-state index contributed by atoms with van der Waals surface area (Å²) in [5.41, 5.74) is 2.88. The number of phenols is 1. The Labute approximate surface area is 104 Å². The van der Waals surface area contributed by atoms with Crippen molar-refractivity contribution in [3.63, 3.8) is 0 Å². The van der Waals surface area contributed by atoms with Crippen molar-refractivity contribution in [3.05, 3.63) is 22.8 Å². The molecule has 1 aliphatic rings. The van der Waals surface area contributed by atoms with Crippen molar-refractivity contribution >= 4 is 0 Å². The third-order valence-electron chi connectivity index (χ3n) is 3.63. The lowest BCUT2D eigenvalue weighted by atomic mass is 9.72. The predicted octanol–water partition coefficient (Wildman–Crippen LogP) is 3.85. The maximum absolute atomic E-state index is 10.1. The number of aromatic hydroxyl groups is 1. The molecular weight excluding hydrogens is 212 g/mol. The highest BCUT2D eigenvalue weighted by molar-refractivity contribution is 5.56. The number of fused-ring (bicyclic) bond motifs is 1. The number of hydrogen-bond acceptors (Lipinski definition) is 2. The Kier molecular flexibility index (Phi) is 2.46. The van der Waals surface area contributed by atoms with E-state index in [9.17, 15) is 5.11 Å². The van der Waals surface area contributed by atoms with Crippen molar-refractivity contribution in [1.82, 2.24) is 0 Å². The van der Waals surface area contributed by atoms with Crippen LogP contribution in [0.3, 0.4) is 0 Å². The van der Waals surface area contributed by atoms with Crippen molar-refractivity contribution in [1.29, 1.82) is 0 Å². The Morgan fingerprint density at radius 1 is 1.18 bits per heavy atom. The second-order valence-electron chi connectivity index (χ2n) is 6.46. The molecule has 2 rings (SSSR count). The highest BCUT2D eigenvalue weighted by Gasteiger charge is 2.40. The molecule has 2 nitrogen and oxygen atoms in total. The van der Waals surface area contributed by atoms with E-state index in [4.69, 9.17) is 4.74 Å². The molecule has 0 aliphatic carbocycles. The van der Waals surface area contributed by atoms with Gasteiger partial charge in [-0.15, -0.1) is 0 Å². The Morgan fingerprint density at radius 3 is 2.35 bits per heavy atom. The monoisotopic (exact) mass is 234 g/mol. The van der Waals surface area contributed by atoms with E-state index < -0.39 is 0 Å². The first-order valence-electron chi connectivity index (χ1n) is 6.17. The van der Waals surface area contributed by atoms with Crippen LogP contribution in [0.25, 0.3) is 0 Å². The molecule has 1 aromatic rings. The Bertz CT molecular complexity index is 470. The fourth-order valence-electron chi connectivity index (χ4n) is 3.34. The zero-order valence-electron chi connectivity index (χ0n) is 11.6. The van der Waals surface area contributed by atoms with E-state index in [0.29, 0.717) is 5.75 Å². The van der Waals surface area contributed by atoms with Crippen LogP contribution >= 0.6 is 0 Å². The molecule has 2 heteroatoms. The van der Waals surface area contributed by atoms with Gasteiger partial charge >= 0.3 is 0 Å². The fraction of sp³-hybridized carbons (Fsp3) is 0.600. The zero-order chi connectivity index (χ0) is 13.0. The van der Waals surface area contributed by atoms with E-state index >= 15 is 0 Å². The van der Waals surface area contributed by atoms with Crippen molar-refractivity contribution in [2.75, 3.05) is 0 Å². The average Bonchev–Trinajstić information content (AvgIpc) is 2.09. The van der Waals surface area contributed by atoms with Crippen LogP contribution in [0, 0.1) is 13.8 Å². The summed E-state index contributed by atoms with van der Waals surface area (Å²) in [6, 6.07) is 1.96. The number of phenolic OH excluding ortho intramolecular Hbond substituents is 1. The molecule has 1 N–H and O–H groups in total. The lowest BCUT2D eigenvalue weighted by molar-refractivity contribution is 0.0527. The van der Waals surface area contributed by atoms with Gasteiger partial charge in [0.2, 0.25) is 0 Å². The van der Waals surface area contributed by atoms with Gasteiger partial charge in [-0.25, -0.2) is 0 Å². The minimum absolute atomic E-state index is 0.0341. The van der Waals surface area contributed by atoms with E-state index in [0.717, 1.165) is 28.9 Å². The van der Waals surface area contributed by atoms with Crippen LogP contribution in [0.15, 0.2) is 6.07 Å². The number of hydrogen-bond donors (Lipinski definition) is 1. The van der Waals surface area contributed by atoms with Crippen LogP contribution in [-0.2, 0) is 5.41 Å². The van der Waals surface area contributed by atoms with Crippen molar-refractivity contribution in [2.24, 2.45) is 0 Å². The smallest absolute Gasteiger partial charge is 0.124 e. The first kappa shape index (κ1) is 12.3. The number of rotatable bonds is 0. The van der Waals surface area contributed by atoms with Crippen LogP contribution in [-0.4, -0.2) is 10.7 Å². The molecule has 0 amide bonds. The summed E-state index contributed by atoms with van der Waals surface area (Å²) < 4.78 is 6.06. The minimum Gasteiger partial charge on any atom is -0.507 e. The van der Waals surface area contributed by atoms with Gasteiger partial charge in [-0.3, -0.25) is 0 Å². The molecule has 0 spiro atoms. The SMILES string of the molecule is Cc1cc2c(c(C)c1O)C(C)(C)CC(C)(C)O2. The van der Waals surface area contributed by atoms with E-state index in [1.54, 1.807) is 0 Å². The second kappa shape index (κ2) is 3.41. The summed E-state index contributed by atoms with van der Waals surface area (Å²) in [4.78, 5) is 0. The molecule has 0 atom stereocenters. The molecule has 0 saturated heterocycles. The van der Waals surface area contributed by atoms with Crippen LogP contribution in [0.4, 0.5) is 0 Å². The summed E-state index contributed by atoms with van der Waals surface area (Å²) in [5.74, 6) is 1.33. The van der Waals surface area contributed by atoms with E-state index in [-0.39, 0.29) is 11.0 Å². The molecule has 0 bridgehead atoms. The van der Waals surface area contributed by atoms with Gasteiger partial charge in [-0.05, 0) is 56.7 Å². The largest absolute Gasteiger partial charge is 0.507 e. The fourth-order valence-corrected chi connectivity index (χ4v) is 3.34. The molecule has 0 saturated carbocycles. The standard InChI is InChI=1S/C15H22O2/c1-9-7-11-12(10(2)13(9)16)14(3,4)8-15(5,6)17-11/h7,16H,8H2,1-6H3. The van der Waals surface area contributed by atoms with Gasteiger partial charge < -0.3 is 9.84 Å². The van der Waals surface area contributed by atoms with Gasteiger partial charge in [0.05, 0.1) is 0 Å². The van der Waals surface area contributed by atoms with E-state index in [2.05, 4.69) is 27.7 Å². The maximum atomic E-state index is 10.1. The van der Waals surface area contributed by atoms with Gasteiger partial charge in [0.1, 0.15) is 17.1 Å². The Hall–Kier alpha value is -1.18. The predicted molar refractivity (Wildman–Crippen MR) is 69.9 cm³/mol. The quantitative estimate of drug-likeness (QED) is 0.739. The topological polar surface area (TPSA) is 29.5 Å². The van der Waals surface area contributed by atoms with Gasteiger partial charge in [-0.2, -0.15) is 0 Å². The third kappa shape index (κ3) is 1.90. The van der Waals surface area contributed by atoms with Crippen LogP contribution < -0.4 is 4.74 Å². The van der Waals surface area contributed by atoms with Crippen LogP contribution in [0.1, 0.15) is 50.8 Å². The maximum Gasteiger partial charge on any atom is 0.124 e. The number of aryl methyl sites for hydroxylation is 1. The second-order valence-corrected chi connectivity index (χ2v) is 6.46. The normalized spacial score (nSPS) is 20.6. The number of ether oxygens (including phenoxy) is 1. The van der Waals surface area contributed by atoms with E-state index in [1.165, 1.54) is 0 Å². The number of benzene rings is 1. The molecular formula is C15H22O2. The van der Waals surface area contributed by atoms with Crippen LogP contribution in [0.2, 0.25) is 0 Å². The Balaban J connectivity index is 2.71. The van der Waals surface area contributed by atoms with Crippen molar-refractivity contribution < 1.29 is 9.84 Å². The highest BCUT2D eigenvalue weighted by Crippen LogP contribution is 2.48. The molecule has 94 valence electrons. The van der Waals surface area contributed by atoms with Gasteiger partial charge in [0.25, 0.3) is 0 Å². The van der Waals surface area contributed by atoms with Gasteiger partial charge in [-0.1, -0.05) is 13.8 Å². The van der Waals surface area contributed by atoms with E-state index in [1.807, 2.05) is 19.9 Å². The molecule has 1 aliphatic heterocycles. The molecule has 0 fully saturated rings. The zero-order valence-corrected chi connectivity index (χ0v) is 11.6. The molecule has 0 unspecified atom stereocenters. The summed E-state index contributed by atoms with van der Waals surface area (Å²) in [6.45, 7) is 12.6. The molecule has 17 heavy (non-hydrogen) atoms. The first-order chi connectivity index (χ1) is 7.64. The van der Waals surface area contributed by atoms with Crippen molar-refractivity contribution in [2.45, 2.75) is 59.0 Å². The van der Waals surface area contributed by atoms with Gasteiger partial charge in [0, 0.05) is 5.56 Å².